The van der Waals surface area contributed by atoms with E-state index in [1.807, 2.05) is 29.1 Å². The second-order valence-electron chi connectivity index (χ2n) is 5.36. The Labute approximate surface area is 121 Å². The molecular formula is C16H24N4. The van der Waals surface area contributed by atoms with Crippen molar-refractivity contribution < 1.29 is 0 Å². The molecule has 2 aromatic rings. The predicted octanol–water partition coefficient (Wildman–Crippen LogP) is 3.46. The van der Waals surface area contributed by atoms with Gasteiger partial charge in [-0.3, -0.25) is 4.68 Å². The Morgan fingerprint density at radius 3 is 2.60 bits per heavy atom. The molecule has 1 aromatic heterocycles. The van der Waals surface area contributed by atoms with Crippen molar-refractivity contribution in [3.8, 4) is 0 Å². The Morgan fingerprint density at radius 1 is 1.25 bits per heavy atom. The molecular weight excluding hydrogens is 248 g/mol. The summed E-state index contributed by atoms with van der Waals surface area (Å²) in [5, 5.41) is 4.62. The lowest BCUT2D eigenvalue weighted by atomic mass is 10.2. The zero-order valence-electron chi connectivity index (χ0n) is 12.6. The van der Waals surface area contributed by atoms with Crippen LogP contribution in [0.1, 0.15) is 38.9 Å². The molecule has 2 rings (SSSR count). The van der Waals surface area contributed by atoms with Gasteiger partial charge in [0, 0.05) is 18.8 Å². The number of nitrogens with zero attached hydrogens (tertiary/aromatic N) is 3. The molecule has 0 aliphatic heterocycles. The first kappa shape index (κ1) is 14.4. The molecule has 0 saturated heterocycles. The highest BCUT2D eigenvalue weighted by Gasteiger charge is 2.11. The molecule has 0 unspecified atom stereocenters. The number of hydrogen-bond acceptors (Lipinski definition) is 3. The van der Waals surface area contributed by atoms with E-state index in [2.05, 4.69) is 42.9 Å². The van der Waals surface area contributed by atoms with Gasteiger partial charge in [-0.25, -0.2) is 0 Å². The summed E-state index contributed by atoms with van der Waals surface area (Å²) < 4.78 is 1.99. The van der Waals surface area contributed by atoms with Crippen molar-refractivity contribution >= 4 is 11.4 Å². The van der Waals surface area contributed by atoms with Gasteiger partial charge in [0.05, 0.1) is 23.6 Å². The van der Waals surface area contributed by atoms with Gasteiger partial charge in [0.15, 0.2) is 0 Å². The predicted molar refractivity (Wildman–Crippen MR) is 84.8 cm³/mol. The molecule has 0 bridgehead atoms. The molecule has 0 spiro atoms. The molecule has 108 valence electrons. The second kappa shape index (κ2) is 6.46. The molecule has 1 heterocycles. The zero-order valence-corrected chi connectivity index (χ0v) is 12.6. The standard InChI is InChI=1S/C16H24N4/c1-4-10-19(16-8-6-5-7-15(16)17)12-14-9-11-20(18-14)13(2)3/h5-9,11,13H,4,10,12,17H2,1-3H3. The van der Waals surface area contributed by atoms with Crippen molar-refractivity contribution in [3.63, 3.8) is 0 Å². The van der Waals surface area contributed by atoms with Crippen LogP contribution in [0.4, 0.5) is 11.4 Å². The maximum absolute atomic E-state index is 6.09. The lowest BCUT2D eigenvalue weighted by molar-refractivity contribution is 0.525. The van der Waals surface area contributed by atoms with Crippen LogP contribution in [0, 0.1) is 0 Å². The number of nitrogens with two attached hydrogens (primary N) is 1. The SMILES string of the molecule is CCCN(Cc1ccn(C(C)C)n1)c1ccccc1N. The van der Waals surface area contributed by atoms with Crippen molar-refractivity contribution in [1.29, 1.82) is 0 Å². The molecule has 4 nitrogen and oxygen atoms in total. The van der Waals surface area contributed by atoms with Crippen LogP contribution >= 0.6 is 0 Å². The molecule has 1 aromatic carbocycles. The monoisotopic (exact) mass is 272 g/mol. The maximum atomic E-state index is 6.09. The van der Waals surface area contributed by atoms with Crippen molar-refractivity contribution in [1.82, 2.24) is 9.78 Å². The minimum atomic E-state index is 0.394. The van der Waals surface area contributed by atoms with Gasteiger partial charge >= 0.3 is 0 Å². The molecule has 2 N–H and O–H groups in total. The van der Waals surface area contributed by atoms with E-state index < -0.39 is 0 Å². The molecule has 0 radical (unpaired) electrons. The molecule has 0 aliphatic carbocycles. The number of nitrogen functional groups attached to an aromatic ring is 1. The Hall–Kier alpha value is -1.97. The van der Waals surface area contributed by atoms with Gasteiger partial charge in [0.1, 0.15) is 0 Å². The molecule has 4 heteroatoms. The van der Waals surface area contributed by atoms with Gasteiger partial charge in [-0.05, 0) is 38.5 Å². The van der Waals surface area contributed by atoms with E-state index >= 15 is 0 Å². The van der Waals surface area contributed by atoms with E-state index in [1.54, 1.807) is 0 Å². The zero-order chi connectivity index (χ0) is 14.5. The average molecular weight is 272 g/mol. The minimum Gasteiger partial charge on any atom is -0.397 e. The van der Waals surface area contributed by atoms with Gasteiger partial charge in [0.25, 0.3) is 0 Å². The van der Waals surface area contributed by atoms with Crippen LogP contribution in [0.2, 0.25) is 0 Å². The maximum Gasteiger partial charge on any atom is 0.0817 e. The highest BCUT2D eigenvalue weighted by molar-refractivity contribution is 5.67. The molecule has 0 saturated carbocycles. The normalized spacial score (nSPS) is 11.0. The van der Waals surface area contributed by atoms with Crippen molar-refractivity contribution in [2.24, 2.45) is 0 Å². The van der Waals surface area contributed by atoms with Crippen LogP contribution in [-0.2, 0) is 6.54 Å². The third kappa shape index (κ3) is 3.32. The summed E-state index contributed by atoms with van der Waals surface area (Å²) in [6.07, 6.45) is 3.12. The molecule has 0 amide bonds. The van der Waals surface area contributed by atoms with E-state index in [9.17, 15) is 0 Å². The molecule has 0 fully saturated rings. The largest absolute Gasteiger partial charge is 0.397 e. The summed E-state index contributed by atoms with van der Waals surface area (Å²) in [7, 11) is 0. The number of rotatable bonds is 6. The number of para-hydroxylation sites is 2. The highest BCUT2D eigenvalue weighted by atomic mass is 15.3. The number of hydrogen-bond donors (Lipinski definition) is 1. The quantitative estimate of drug-likeness (QED) is 0.819. The summed E-state index contributed by atoms with van der Waals surface area (Å²) in [5.74, 6) is 0. The van der Waals surface area contributed by atoms with Crippen molar-refractivity contribution in [2.75, 3.05) is 17.2 Å². The fourth-order valence-corrected chi connectivity index (χ4v) is 2.27. The number of aromatic nitrogens is 2. The topological polar surface area (TPSA) is 47.1 Å². The van der Waals surface area contributed by atoms with E-state index in [4.69, 9.17) is 5.73 Å². The highest BCUT2D eigenvalue weighted by Crippen LogP contribution is 2.24. The van der Waals surface area contributed by atoms with Crippen LogP contribution in [0.25, 0.3) is 0 Å². The average Bonchev–Trinajstić information content (AvgIpc) is 2.88. The van der Waals surface area contributed by atoms with Gasteiger partial charge < -0.3 is 10.6 Å². The van der Waals surface area contributed by atoms with E-state index in [1.165, 1.54) is 0 Å². The van der Waals surface area contributed by atoms with E-state index in [0.29, 0.717) is 6.04 Å². The first-order valence-electron chi connectivity index (χ1n) is 7.25. The van der Waals surface area contributed by atoms with Crippen LogP contribution in [0.3, 0.4) is 0 Å². The van der Waals surface area contributed by atoms with Crippen LogP contribution in [0.15, 0.2) is 36.5 Å². The Kier molecular flexibility index (Phi) is 4.66. The van der Waals surface area contributed by atoms with Crippen molar-refractivity contribution in [3.05, 3.63) is 42.2 Å². The molecule has 0 aliphatic rings. The van der Waals surface area contributed by atoms with Gasteiger partial charge in [0.2, 0.25) is 0 Å². The molecule has 0 atom stereocenters. The van der Waals surface area contributed by atoms with Crippen LogP contribution < -0.4 is 10.6 Å². The lowest BCUT2D eigenvalue weighted by Gasteiger charge is -2.24. The fraction of sp³-hybridized carbons (Fsp3) is 0.438. The Morgan fingerprint density at radius 2 is 2.00 bits per heavy atom. The summed E-state index contributed by atoms with van der Waals surface area (Å²) >= 11 is 0. The van der Waals surface area contributed by atoms with Gasteiger partial charge in [-0.15, -0.1) is 0 Å². The van der Waals surface area contributed by atoms with E-state index in [-0.39, 0.29) is 0 Å². The van der Waals surface area contributed by atoms with Crippen LogP contribution in [-0.4, -0.2) is 16.3 Å². The fourth-order valence-electron chi connectivity index (χ4n) is 2.27. The summed E-state index contributed by atoms with van der Waals surface area (Å²) in [5.41, 5.74) is 9.09. The second-order valence-corrected chi connectivity index (χ2v) is 5.36. The van der Waals surface area contributed by atoms with Crippen LogP contribution in [0.5, 0.6) is 0 Å². The Balaban J connectivity index is 2.19. The smallest absolute Gasteiger partial charge is 0.0817 e. The minimum absolute atomic E-state index is 0.394. The Bertz CT molecular complexity index is 545. The van der Waals surface area contributed by atoms with Crippen molar-refractivity contribution in [2.45, 2.75) is 39.8 Å². The number of benzene rings is 1. The first-order valence-corrected chi connectivity index (χ1v) is 7.25. The molecule has 20 heavy (non-hydrogen) atoms. The first-order chi connectivity index (χ1) is 9.61. The number of anilines is 2. The lowest BCUT2D eigenvalue weighted by Crippen LogP contribution is -2.24. The van der Waals surface area contributed by atoms with Gasteiger partial charge in [-0.1, -0.05) is 19.1 Å². The summed E-state index contributed by atoms with van der Waals surface area (Å²) in [4.78, 5) is 2.29. The third-order valence-corrected chi connectivity index (χ3v) is 3.32. The summed E-state index contributed by atoms with van der Waals surface area (Å²) in [6.45, 7) is 8.22. The summed E-state index contributed by atoms with van der Waals surface area (Å²) in [6, 6.07) is 10.5. The van der Waals surface area contributed by atoms with E-state index in [0.717, 1.165) is 36.6 Å². The third-order valence-electron chi connectivity index (χ3n) is 3.32. The van der Waals surface area contributed by atoms with Gasteiger partial charge in [-0.2, -0.15) is 5.10 Å².